The minimum atomic E-state index is 0.637. The fourth-order valence-corrected chi connectivity index (χ4v) is 2.32. The highest BCUT2D eigenvalue weighted by Gasteiger charge is 2.35. The van der Waals surface area contributed by atoms with Crippen LogP contribution in [0.25, 0.3) is 0 Å². The molecule has 0 amide bonds. The summed E-state index contributed by atoms with van der Waals surface area (Å²) in [6, 6.07) is 0. The van der Waals surface area contributed by atoms with Crippen molar-refractivity contribution in [3.8, 4) is 0 Å². The van der Waals surface area contributed by atoms with Crippen molar-refractivity contribution < 1.29 is 0 Å². The van der Waals surface area contributed by atoms with E-state index < -0.39 is 0 Å². The highest BCUT2D eigenvalue weighted by molar-refractivity contribution is 5.42. The average Bonchev–Trinajstić information content (AvgIpc) is 2.75. The molecule has 0 spiro atoms. The monoisotopic (exact) mass is 160 g/mol. The highest BCUT2D eigenvalue weighted by Crippen LogP contribution is 2.47. The van der Waals surface area contributed by atoms with Crippen molar-refractivity contribution in [2.75, 3.05) is 0 Å². The Bertz CT molecular complexity index is 319. The molecule has 0 fully saturated rings. The Labute approximate surface area is 71.9 Å². The van der Waals surface area contributed by atoms with Gasteiger partial charge in [0.25, 0.3) is 0 Å². The van der Waals surface area contributed by atoms with Gasteiger partial charge < -0.3 is 0 Å². The van der Waals surface area contributed by atoms with Crippen LogP contribution in [0.3, 0.4) is 0 Å². The van der Waals surface area contributed by atoms with E-state index in [1.165, 1.54) is 17.7 Å². The van der Waals surface area contributed by atoms with Crippen LogP contribution in [0, 0.1) is 0 Å². The lowest BCUT2D eigenvalue weighted by molar-refractivity contribution is 0.629. The summed E-state index contributed by atoms with van der Waals surface area (Å²) < 4.78 is 2.05. The van der Waals surface area contributed by atoms with E-state index in [0.29, 0.717) is 11.8 Å². The number of rotatable bonds is 1. The van der Waals surface area contributed by atoms with Gasteiger partial charge in [0.05, 0.1) is 5.69 Å². The summed E-state index contributed by atoms with van der Waals surface area (Å²) in [5, 5.41) is 4.56. The lowest BCUT2D eigenvalue weighted by Gasteiger charge is -1.99. The van der Waals surface area contributed by atoms with E-state index >= 15 is 0 Å². The minimum Gasteiger partial charge on any atom is -0.272 e. The molecular formula is C10H12N2. The predicted molar refractivity (Wildman–Crippen MR) is 47.1 cm³/mol. The van der Waals surface area contributed by atoms with Crippen LogP contribution in [0.1, 0.15) is 36.4 Å². The van der Waals surface area contributed by atoms with Crippen LogP contribution in [0.5, 0.6) is 0 Å². The van der Waals surface area contributed by atoms with Crippen molar-refractivity contribution in [1.29, 1.82) is 0 Å². The van der Waals surface area contributed by atoms with Gasteiger partial charge in [0.1, 0.15) is 0 Å². The van der Waals surface area contributed by atoms with Gasteiger partial charge >= 0.3 is 0 Å². The van der Waals surface area contributed by atoms with E-state index in [1.54, 1.807) is 0 Å². The van der Waals surface area contributed by atoms with Crippen molar-refractivity contribution in [3.63, 3.8) is 0 Å². The van der Waals surface area contributed by atoms with Gasteiger partial charge in [-0.1, -0.05) is 12.2 Å². The molecule has 3 rings (SSSR count). The predicted octanol–water partition coefficient (Wildman–Crippen LogP) is 2.04. The fraction of sp³-hybridized carbons (Fsp3) is 0.500. The zero-order valence-corrected chi connectivity index (χ0v) is 7.20. The fourth-order valence-electron chi connectivity index (χ4n) is 2.32. The molecule has 2 bridgehead atoms. The van der Waals surface area contributed by atoms with Gasteiger partial charge in [-0.15, -0.1) is 0 Å². The summed E-state index contributed by atoms with van der Waals surface area (Å²) >= 11 is 0. The number of hydrogen-bond donors (Lipinski definition) is 0. The number of aromatic nitrogens is 2. The molecule has 0 radical (unpaired) electrons. The van der Waals surface area contributed by atoms with Crippen molar-refractivity contribution >= 4 is 0 Å². The third kappa shape index (κ3) is 0.631. The van der Waals surface area contributed by atoms with Crippen molar-refractivity contribution in [2.24, 2.45) is 0 Å². The Morgan fingerprint density at radius 3 is 3.08 bits per heavy atom. The molecule has 2 aliphatic carbocycles. The molecule has 1 heterocycles. The number of aryl methyl sites for hydroxylation is 1. The molecule has 0 saturated carbocycles. The second kappa shape index (κ2) is 2.00. The highest BCUT2D eigenvalue weighted by atomic mass is 15.3. The van der Waals surface area contributed by atoms with Crippen LogP contribution in [0.15, 0.2) is 18.3 Å². The molecular weight excluding hydrogens is 148 g/mol. The van der Waals surface area contributed by atoms with E-state index in [0.717, 1.165) is 6.54 Å². The first kappa shape index (κ1) is 6.46. The number of fused-ring (bicyclic) bond motifs is 5. The number of nitrogens with zero attached hydrogens (tertiary/aromatic N) is 2. The molecule has 2 atom stereocenters. The number of hydrogen-bond acceptors (Lipinski definition) is 1. The second-order valence-electron chi connectivity index (χ2n) is 3.66. The Morgan fingerprint density at radius 2 is 2.33 bits per heavy atom. The second-order valence-corrected chi connectivity index (χ2v) is 3.66. The van der Waals surface area contributed by atoms with Crippen LogP contribution < -0.4 is 0 Å². The van der Waals surface area contributed by atoms with Crippen molar-refractivity contribution in [3.05, 3.63) is 29.6 Å². The zero-order valence-electron chi connectivity index (χ0n) is 7.20. The minimum absolute atomic E-state index is 0.637. The van der Waals surface area contributed by atoms with Gasteiger partial charge in [-0.2, -0.15) is 5.10 Å². The maximum absolute atomic E-state index is 4.56. The maximum Gasteiger partial charge on any atom is 0.0731 e. The largest absolute Gasteiger partial charge is 0.272 e. The first-order valence-corrected chi connectivity index (χ1v) is 4.64. The van der Waals surface area contributed by atoms with Gasteiger partial charge in [0.2, 0.25) is 0 Å². The van der Waals surface area contributed by atoms with Gasteiger partial charge in [-0.25, -0.2) is 0 Å². The van der Waals surface area contributed by atoms with E-state index in [2.05, 4.69) is 35.1 Å². The Balaban J connectivity index is 2.13. The van der Waals surface area contributed by atoms with Crippen molar-refractivity contribution in [2.45, 2.75) is 31.7 Å². The summed E-state index contributed by atoms with van der Waals surface area (Å²) in [5.41, 5.74) is 2.81. The molecule has 2 heteroatoms. The smallest absolute Gasteiger partial charge is 0.0731 e. The molecule has 1 aromatic rings. The van der Waals surface area contributed by atoms with Gasteiger partial charge in [-0.3, -0.25) is 4.68 Å². The third-order valence-electron chi connectivity index (χ3n) is 2.98. The normalized spacial score (nSPS) is 29.8. The molecule has 0 saturated heterocycles. The Kier molecular flexibility index (Phi) is 1.08. The van der Waals surface area contributed by atoms with Crippen LogP contribution in [-0.2, 0) is 6.54 Å². The molecule has 0 aromatic carbocycles. The molecule has 2 aliphatic rings. The molecule has 1 aromatic heterocycles. The molecule has 0 N–H and O–H groups in total. The molecule has 62 valence electrons. The topological polar surface area (TPSA) is 17.8 Å². The SMILES string of the molecule is CCn1cc2c(n1)[C@@H]1C=C[C@H]2C1. The average molecular weight is 160 g/mol. The molecule has 0 aliphatic heterocycles. The quantitative estimate of drug-likeness (QED) is 0.575. The van der Waals surface area contributed by atoms with E-state index in [9.17, 15) is 0 Å². The summed E-state index contributed by atoms with van der Waals surface area (Å²) in [4.78, 5) is 0. The van der Waals surface area contributed by atoms with Crippen LogP contribution in [0.2, 0.25) is 0 Å². The zero-order chi connectivity index (χ0) is 8.13. The van der Waals surface area contributed by atoms with Gasteiger partial charge in [0, 0.05) is 30.1 Å². The lowest BCUT2D eigenvalue weighted by Crippen LogP contribution is -1.97. The maximum atomic E-state index is 4.56. The standard InChI is InChI=1S/C10H12N2/c1-2-12-6-9-7-3-4-8(5-7)10(9)11-12/h3-4,6-8H,2,5H2,1H3/t7-,8+/m0/s1. The third-order valence-corrected chi connectivity index (χ3v) is 2.98. The molecule has 2 nitrogen and oxygen atoms in total. The van der Waals surface area contributed by atoms with Crippen LogP contribution in [-0.4, -0.2) is 9.78 Å². The van der Waals surface area contributed by atoms with Gasteiger partial charge in [-0.05, 0) is 13.3 Å². The molecule has 0 unspecified atom stereocenters. The lowest BCUT2D eigenvalue weighted by atomic mass is 10.1. The number of allylic oxidation sites excluding steroid dienone is 2. The van der Waals surface area contributed by atoms with E-state index in [4.69, 9.17) is 0 Å². The first-order chi connectivity index (χ1) is 5.88. The Hall–Kier alpha value is -1.05. The summed E-state index contributed by atoms with van der Waals surface area (Å²) in [5.74, 6) is 1.32. The Morgan fingerprint density at radius 1 is 1.50 bits per heavy atom. The van der Waals surface area contributed by atoms with E-state index in [-0.39, 0.29) is 0 Å². The molecule has 12 heavy (non-hydrogen) atoms. The van der Waals surface area contributed by atoms with Crippen LogP contribution in [0.4, 0.5) is 0 Å². The summed E-state index contributed by atoms with van der Waals surface area (Å²) in [7, 11) is 0. The summed E-state index contributed by atoms with van der Waals surface area (Å²) in [6.07, 6.45) is 8.13. The van der Waals surface area contributed by atoms with Gasteiger partial charge in [0.15, 0.2) is 0 Å². The summed E-state index contributed by atoms with van der Waals surface area (Å²) in [6.45, 7) is 3.13. The first-order valence-electron chi connectivity index (χ1n) is 4.64. The van der Waals surface area contributed by atoms with Crippen molar-refractivity contribution in [1.82, 2.24) is 9.78 Å². The van der Waals surface area contributed by atoms with E-state index in [1.807, 2.05) is 0 Å². The van der Waals surface area contributed by atoms with Crippen LogP contribution >= 0.6 is 0 Å².